The van der Waals surface area contributed by atoms with Crippen LogP contribution in [-0.4, -0.2) is 18.2 Å². The van der Waals surface area contributed by atoms with Crippen LogP contribution >= 0.6 is 27.7 Å². The van der Waals surface area contributed by atoms with Gasteiger partial charge in [-0.2, -0.15) is 0 Å². The van der Waals surface area contributed by atoms with Crippen molar-refractivity contribution in [3.63, 3.8) is 0 Å². The SMILES string of the molecule is CCc1ccccc1N=C1S/C(=C/c2cc(OC)ccc2Br)C(=O)N1c1ccccc1CC. The number of thioether (sulfide) groups is 1. The van der Waals surface area contributed by atoms with E-state index in [1.54, 1.807) is 12.0 Å². The Hall–Kier alpha value is -2.83. The van der Waals surface area contributed by atoms with Crippen LogP contribution < -0.4 is 9.64 Å². The molecule has 0 radical (unpaired) electrons. The first-order valence-electron chi connectivity index (χ1n) is 10.9. The fourth-order valence-corrected chi connectivity index (χ4v) is 5.05. The summed E-state index contributed by atoms with van der Waals surface area (Å²) < 4.78 is 6.27. The molecule has 1 amide bonds. The molecular weight excluding hydrogens is 496 g/mol. The van der Waals surface area contributed by atoms with E-state index in [1.165, 1.54) is 11.8 Å². The second-order valence-corrected chi connectivity index (χ2v) is 9.36. The molecule has 0 bridgehead atoms. The van der Waals surface area contributed by atoms with Crippen molar-refractivity contribution in [3.05, 3.63) is 92.8 Å². The van der Waals surface area contributed by atoms with E-state index in [0.717, 1.165) is 51.1 Å². The monoisotopic (exact) mass is 520 g/mol. The van der Waals surface area contributed by atoms with Crippen LogP contribution in [0.3, 0.4) is 0 Å². The van der Waals surface area contributed by atoms with Crippen LogP contribution in [0.1, 0.15) is 30.5 Å². The van der Waals surface area contributed by atoms with Gasteiger partial charge in [0.25, 0.3) is 5.91 Å². The van der Waals surface area contributed by atoms with Gasteiger partial charge in [-0.15, -0.1) is 0 Å². The third-order valence-corrected chi connectivity index (χ3v) is 7.19. The van der Waals surface area contributed by atoms with Crippen LogP contribution in [0.4, 0.5) is 11.4 Å². The molecule has 0 saturated carbocycles. The van der Waals surface area contributed by atoms with Gasteiger partial charge in [-0.05, 0) is 77.7 Å². The Bertz CT molecular complexity index is 1250. The van der Waals surface area contributed by atoms with Gasteiger partial charge >= 0.3 is 0 Å². The molecule has 1 fully saturated rings. The highest BCUT2D eigenvalue weighted by Crippen LogP contribution is 2.40. The number of amides is 1. The van der Waals surface area contributed by atoms with Crippen molar-refractivity contribution < 1.29 is 9.53 Å². The minimum absolute atomic E-state index is 0.0802. The molecule has 1 aliphatic heterocycles. The zero-order valence-corrected chi connectivity index (χ0v) is 21.2. The van der Waals surface area contributed by atoms with Crippen LogP contribution in [0.15, 0.2) is 81.1 Å². The number of aliphatic imine (C=N–C) groups is 1. The van der Waals surface area contributed by atoms with Crippen LogP contribution in [0.5, 0.6) is 5.75 Å². The van der Waals surface area contributed by atoms with Gasteiger partial charge < -0.3 is 4.74 Å². The van der Waals surface area contributed by atoms with Crippen molar-refractivity contribution in [2.45, 2.75) is 26.7 Å². The van der Waals surface area contributed by atoms with Crippen molar-refractivity contribution in [3.8, 4) is 5.75 Å². The van der Waals surface area contributed by atoms with E-state index >= 15 is 0 Å². The molecule has 1 heterocycles. The number of rotatable bonds is 6. The maximum Gasteiger partial charge on any atom is 0.271 e. The van der Waals surface area contributed by atoms with Gasteiger partial charge in [0.1, 0.15) is 5.75 Å². The summed E-state index contributed by atoms with van der Waals surface area (Å²) in [5, 5.41) is 0.659. The molecule has 4 rings (SSSR count). The molecule has 0 unspecified atom stereocenters. The van der Waals surface area contributed by atoms with E-state index < -0.39 is 0 Å². The lowest BCUT2D eigenvalue weighted by Gasteiger charge is -2.19. The highest BCUT2D eigenvalue weighted by atomic mass is 79.9. The van der Waals surface area contributed by atoms with E-state index in [9.17, 15) is 4.79 Å². The summed E-state index contributed by atoms with van der Waals surface area (Å²) in [5.41, 5.74) is 4.89. The van der Waals surface area contributed by atoms with Crippen molar-refractivity contribution in [2.24, 2.45) is 4.99 Å². The van der Waals surface area contributed by atoms with Crippen LogP contribution in [-0.2, 0) is 17.6 Å². The fourth-order valence-electron chi connectivity index (χ4n) is 3.71. The number of anilines is 1. The Balaban J connectivity index is 1.85. The van der Waals surface area contributed by atoms with E-state index in [1.807, 2.05) is 60.7 Å². The first kappa shape index (κ1) is 23.3. The number of carbonyl (C=O) groups is 1. The van der Waals surface area contributed by atoms with E-state index in [4.69, 9.17) is 9.73 Å². The third-order valence-electron chi connectivity index (χ3n) is 5.50. The molecule has 0 atom stereocenters. The predicted molar refractivity (Wildman–Crippen MR) is 142 cm³/mol. The van der Waals surface area contributed by atoms with Crippen molar-refractivity contribution in [2.75, 3.05) is 12.0 Å². The largest absolute Gasteiger partial charge is 0.497 e. The van der Waals surface area contributed by atoms with Gasteiger partial charge in [-0.3, -0.25) is 9.69 Å². The third kappa shape index (κ3) is 4.92. The fraction of sp³-hybridized carbons (Fsp3) is 0.185. The van der Waals surface area contributed by atoms with Crippen LogP contribution in [0, 0.1) is 0 Å². The van der Waals surface area contributed by atoms with Crippen molar-refractivity contribution in [1.29, 1.82) is 0 Å². The standard InChI is InChI=1S/C27H25BrN2O2S/c1-4-18-10-6-8-12-23(18)29-27-30(24-13-9-7-11-19(24)5-2)26(31)25(33-27)17-20-16-21(32-3)14-15-22(20)28/h6-17H,4-5H2,1-3H3/b25-17+,29-27?. The first-order valence-corrected chi connectivity index (χ1v) is 12.5. The number of hydrogen-bond donors (Lipinski definition) is 0. The topological polar surface area (TPSA) is 41.9 Å². The van der Waals surface area contributed by atoms with Crippen LogP contribution in [0.25, 0.3) is 6.08 Å². The molecule has 1 aliphatic rings. The highest BCUT2D eigenvalue weighted by molar-refractivity contribution is 9.10. The Kier molecular flexibility index (Phi) is 7.36. The molecule has 33 heavy (non-hydrogen) atoms. The summed E-state index contributed by atoms with van der Waals surface area (Å²) in [7, 11) is 1.63. The minimum atomic E-state index is -0.0802. The molecule has 0 aromatic heterocycles. The summed E-state index contributed by atoms with van der Waals surface area (Å²) in [4.78, 5) is 21.0. The van der Waals surface area contributed by atoms with Gasteiger partial charge in [-0.1, -0.05) is 66.2 Å². The second-order valence-electron chi connectivity index (χ2n) is 7.50. The quantitative estimate of drug-likeness (QED) is 0.318. The second kappa shape index (κ2) is 10.4. The van der Waals surface area contributed by atoms with Gasteiger partial charge in [-0.25, -0.2) is 4.99 Å². The van der Waals surface area contributed by atoms with E-state index in [2.05, 4.69) is 41.9 Å². The van der Waals surface area contributed by atoms with Gasteiger partial charge in [0.05, 0.1) is 23.4 Å². The molecule has 0 N–H and O–H groups in total. The number of benzene rings is 3. The number of halogens is 1. The number of amidine groups is 1. The number of aryl methyl sites for hydroxylation is 2. The molecule has 0 spiro atoms. The lowest BCUT2D eigenvalue weighted by atomic mass is 10.1. The number of nitrogens with zero attached hydrogens (tertiary/aromatic N) is 2. The lowest BCUT2D eigenvalue weighted by Crippen LogP contribution is -2.29. The molecule has 4 nitrogen and oxygen atoms in total. The molecule has 3 aromatic carbocycles. The molecule has 3 aromatic rings. The summed E-state index contributed by atoms with van der Waals surface area (Å²) >= 11 is 4.99. The number of para-hydroxylation sites is 2. The lowest BCUT2D eigenvalue weighted by molar-refractivity contribution is -0.113. The maximum absolute atomic E-state index is 13.7. The Morgan fingerprint density at radius 2 is 1.70 bits per heavy atom. The summed E-state index contributed by atoms with van der Waals surface area (Å²) in [5.74, 6) is 0.655. The highest BCUT2D eigenvalue weighted by Gasteiger charge is 2.36. The normalized spacial score (nSPS) is 16.1. The predicted octanol–water partition coefficient (Wildman–Crippen LogP) is 7.39. The number of hydrogen-bond acceptors (Lipinski definition) is 4. The van der Waals surface area contributed by atoms with Crippen molar-refractivity contribution in [1.82, 2.24) is 0 Å². The summed E-state index contributed by atoms with van der Waals surface area (Å²) in [6, 6.07) is 21.8. The first-order chi connectivity index (χ1) is 16.0. The molecule has 1 saturated heterocycles. The maximum atomic E-state index is 13.7. The number of ether oxygens (including phenoxy) is 1. The zero-order valence-electron chi connectivity index (χ0n) is 18.8. The smallest absolute Gasteiger partial charge is 0.271 e. The van der Waals surface area contributed by atoms with E-state index in [0.29, 0.717) is 10.1 Å². The Labute approximate surface area is 207 Å². The summed E-state index contributed by atoms with van der Waals surface area (Å²) in [6.45, 7) is 4.21. The molecular formula is C27H25BrN2O2S. The number of methoxy groups -OCH3 is 1. The number of carbonyl (C=O) groups excluding carboxylic acids is 1. The van der Waals surface area contributed by atoms with Crippen LogP contribution in [0.2, 0.25) is 0 Å². The summed E-state index contributed by atoms with van der Waals surface area (Å²) in [6.07, 6.45) is 3.59. The van der Waals surface area contributed by atoms with Gasteiger partial charge in [0.2, 0.25) is 0 Å². The minimum Gasteiger partial charge on any atom is -0.497 e. The van der Waals surface area contributed by atoms with Gasteiger partial charge in [0, 0.05) is 4.47 Å². The Morgan fingerprint density at radius 1 is 1.00 bits per heavy atom. The van der Waals surface area contributed by atoms with E-state index in [-0.39, 0.29) is 5.91 Å². The zero-order chi connectivity index (χ0) is 23.4. The Morgan fingerprint density at radius 3 is 2.42 bits per heavy atom. The molecule has 0 aliphatic carbocycles. The molecule has 168 valence electrons. The average Bonchev–Trinajstić information content (AvgIpc) is 3.14. The average molecular weight is 521 g/mol. The molecule has 6 heteroatoms. The van der Waals surface area contributed by atoms with Gasteiger partial charge in [0.15, 0.2) is 5.17 Å². The van der Waals surface area contributed by atoms with Crippen molar-refractivity contribution >= 4 is 56.2 Å².